The second-order valence-corrected chi connectivity index (χ2v) is 6.65. The molecule has 1 aromatic heterocycles. The van der Waals surface area contributed by atoms with Gasteiger partial charge < -0.3 is 19.0 Å². The molecule has 1 atom stereocenters. The third kappa shape index (κ3) is 2.99. The van der Waals surface area contributed by atoms with Crippen LogP contribution in [0.3, 0.4) is 0 Å². The first kappa shape index (κ1) is 17.1. The van der Waals surface area contributed by atoms with E-state index in [9.17, 15) is 14.7 Å². The molecule has 1 aliphatic rings. The van der Waals surface area contributed by atoms with E-state index in [-0.39, 0.29) is 11.5 Å². The van der Waals surface area contributed by atoms with E-state index < -0.39 is 23.3 Å². The highest BCUT2D eigenvalue weighted by atomic mass is 16.6. The van der Waals surface area contributed by atoms with Gasteiger partial charge in [0.2, 0.25) is 0 Å². The molecule has 0 bridgehead atoms. The summed E-state index contributed by atoms with van der Waals surface area (Å²) in [4.78, 5) is 23.6. The maximum Gasteiger partial charge on any atom is 0.336 e. The SMILES string of the molecule is C/C=C(/C)C(=O)OC(C)(C)[C@@H]1Cc2c(c(O)cc3ccc(=O)oc23)O1. The van der Waals surface area contributed by atoms with Crippen LogP contribution in [-0.4, -0.2) is 22.8 Å². The Morgan fingerprint density at radius 3 is 2.80 bits per heavy atom. The summed E-state index contributed by atoms with van der Waals surface area (Å²) in [7, 11) is 0. The molecule has 1 aliphatic heterocycles. The third-order valence-electron chi connectivity index (χ3n) is 4.47. The minimum absolute atomic E-state index is 0.0365. The van der Waals surface area contributed by atoms with Crippen molar-refractivity contribution in [3.05, 3.63) is 45.8 Å². The number of phenols is 1. The summed E-state index contributed by atoms with van der Waals surface area (Å²) in [6, 6.07) is 4.38. The summed E-state index contributed by atoms with van der Waals surface area (Å²) < 4.78 is 16.7. The average molecular weight is 344 g/mol. The summed E-state index contributed by atoms with van der Waals surface area (Å²) in [5.41, 5.74) is 0.0778. The highest BCUT2D eigenvalue weighted by Gasteiger charge is 2.42. The van der Waals surface area contributed by atoms with Crippen molar-refractivity contribution in [2.75, 3.05) is 0 Å². The Morgan fingerprint density at radius 2 is 2.12 bits per heavy atom. The van der Waals surface area contributed by atoms with Crippen LogP contribution in [0.4, 0.5) is 0 Å². The summed E-state index contributed by atoms with van der Waals surface area (Å²) in [5.74, 6) is -0.197. The molecule has 0 unspecified atom stereocenters. The number of esters is 1. The van der Waals surface area contributed by atoms with Crippen LogP contribution in [0.5, 0.6) is 11.5 Å². The number of allylic oxidation sites excluding steroid dienone is 1. The van der Waals surface area contributed by atoms with E-state index in [1.165, 1.54) is 12.1 Å². The Bertz CT molecular complexity index is 935. The van der Waals surface area contributed by atoms with E-state index in [4.69, 9.17) is 13.9 Å². The van der Waals surface area contributed by atoms with Crippen molar-refractivity contribution >= 4 is 16.9 Å². The third-order valence-corrected chi connectivity index (χ3v) is 4.47. The van der Waals surface area contributed by atoms with Gasteiger partial charge in [0.05, 0.1) is 0 Å². The smallest absolute Gasteiger partial charge is 0.336 e. The maximum atomic E-state index is 12.1. The van der Waals surface area contributed by atoms with E-state index in [1.807, 2.05) is 0 Å². The number of aromatic hydroxyl groups is 1. The number of ether oxygens (including phenoxy) is 2. The molecule has 0 saturated carbocycles. The predicted octanol–water partition coefficient (Wildman–Crippen LogP) is 3.09. The predicted molar refractivity (Wildman–Crippen MR) is 91.9 cm³/mol. The summed E-state index contributed by atoms with van der Waals surface area (Å²) >= 11 is 0. The molecule has 0 aliphatic carbocycles. The molecule has 3 rings (SSSR count). The molecular formula is C19H20O6. The first-order valence-electron chi connectivity index (χ1n) is 8.04. The molecule has 2 heterocycles. The van der Waals surface area contributed by atoms with Crippen molar-refractivity contribution in [3.63, 3.8) is 0 Å². The minimum Gasteiger partial charge on any atom is -0.504 e. The first-order chi connectivity index (χ1) is 11.7. The van der Waals surface area contributed by atoms with Crippen molar-refractivity contribution < 1.29 is 23.8 Å². The van der Waals surface area contributed by atoms with E-state index in [2.05, 4.69) is 0 Å². The van der Waals surface area contributed by atoms with Crippen LogP contribution < -0.4 is 10.4 Å². The molecule has 0 amide bonds. The lowest BCUT2D eigenvalue weighted by molar-refractivity contribution is -0.159. The molecule has 25 heavy (non-hydrogen) atoms. The maximum absolute atomic E-state index is 12.1. The second kappa shape index (κ2) is 5.95. The fourth-order valence-electron chi connectivity index (χ4n) is 2.82. The number of fused-ring (bicyclic) bond motifs is 3. The second-order valence-electron chi connectivity index (χ2n) is 6.65. The van der Waals surface area contributed by atoms with Crippen molar-refractivity contribution in [2.24, 2.45) is 0 Å². The molecule has 0 spiro atoms. The number of rotatable bonds is 3. The van der Waals surface area contributed by atoms with Gasteiger partial charge in [-0.3, -0.25) is 0 Å². The minimum atomic E-state index is -0.936. The lowest BCUT2D eigenvalue weighted by Crippen LogP contribution is -2.43. The molecule has 0 fully saturated rings. The van der Waals surface area contributed by atoms with Crippen LogP contribution in [0.15, 0.2) is 39.1 Å². The van der Waals surface area contributed by atoms with Gasteiger partial charge in [-0.05, 0) is 39.8 Å². The zero-order valence-corrected chi connectivity index (χ0v) is 14.6. The Kier molecular flexibility index (Phi) is 4.06. The molecular weight excluding hydrogens is 324 g/mol. The molecule has 132 valence electrons. The number of carbonyl (C=O) groups is 1. The van der Waals surface area contributed by atoms with Crippen molar-refractivity contribution in [2.45, 2.75) is 45.8 Å². The van der Waals surface area contributed by atoms with Crippen LogP contribution in [0.25, 0.3) is 11.0 Å². The molecule has 0 saturated heterocycles. The van der Waals surface area contributed by atoms with Gasteiger partial charge in [-0.2, -0.15) is 0 Å². The topological polar surface area (TPSA) is 86.0 Å². The zero-order valence-electron chi connectivity index (χ0n) is 14.6. The van der Waals surface area contributed by atoms with Crippen LogP contribution in [-0.2, 0) is 16.0 Å². The Balaban J connectivity index is 1.96. The molecule has 2 aromatic rings. The van der Waals surface area contributed by atoms with E-state index in [0.717, 1.165) is 0 Å². The summed E-state index contributed by atoms with van der Waals surface area (Å²) in [6.45, 7) is 6.94. The van der Waals surface area contributed by atoms with Gasteiger partial charge in [0.1, 0.15) is 17.3 Å². The fourth-order valence-corrected chi connectivity index (χ4v) is 2.82. The Labute approximate surface area is 144 Å². The molecule has 6 heteroatoms. The highest BCUT2D eigenvalue weighted by Crippen LogP contribution is 2.44. The van der Waals surface area contributed by atoms with Gasteiger partial charge in [-0.25, -0.2) is 9.59 Å². The molecule has 1 aromatic carbocycles. The standard InChI is InChI=1S/C19H20O6/c1-5-10(2)18(22)25-19(3,4)14-9-12-16-11(6-7-15(21)24-16)8-13(20)17(12)23-14/h5-8,14,20H,9H2,1-4H3/b10-5-/t14-/m0/s1. The van der Waals surface area contributed by atoms with E-state index >= 15 is 0 Å². The highest BCUT2D eigenvalue weighted by molar-refractivity contribution is 5.88. The van der Waals surface area contributed by atoms with Crippen LogP contribution >= 0.6 is 0 Å². The van der Waals surface area contributed by atoms with Gasteiger partial charge in [0.15, 0.2) is 11.5 Å². The largest absolute Gasteiger partial charge is 0.504 e. The quantitative estimate of drug-likeness (QED) is 0.523. The van der Waals surface area contributed by atoms with Gasteiger partial charge in [-0.15, -0.1) is 0 Å². The van der Waals surface area contributed by atoms with Gasteiger partial charge in [-0.1, -0.05) is 6.08 Å². The van der Waals surface area contributed by atoms with Crippen molar-refractivity contribution in [1.29, 1.82) is 0 Å². The zero-order chi connectivity index (χ0) is 18.4. The monoisotopic (exact) mass is 344 g/mol. The van der Waals surface area contributed by atoms with E-state index in [0.29, 0.717) is 28.5 Å². The molecule has 0 radical (unpaired) electrons. The van der Waals surface area contributed by atoms with Gasteiger partial charge in [0, 0.05) is 29.0 Å². The number of phenolic OH excluding ortho intramolecular Hbond substituents is 1. The van der Waals surface area contributed by atoms with Gasteiger partial charge >= 0.3 is 11.6 Å². The lowest BCUT2D eigenvalue weighted by atomic mass is 9.95. The van der Waals surface area contributed by atoms with Crippen LogP contribution in [0, 0.1) is 0 Å². The van der Waals surface area contributed by atoms with Crippen LogP contribution in [0.2, 0.25) is 0 Å². The Hall–Kier alpha value is -2.76. The van der Waals surface area contributed by atoms with Gasteiger partial charge in [0.25, 0.3) is 0 Å². The first-order valence-corrected chi connectivity index (χ1v) is 8.04. The normalized spacial score (nSPS) is 17.3. The molecule has 1 N–H and O–H groups in total. The molecule has 6 nitrogen and oxygen atoms in total. The van der Waals surface area contributed by atoms with Crippen molar-refractivity contribution in [1.82, 2.24) is 0 Å². The summed E-state index contributed by atoms with van der Waals surface area (Å²) in [5, 5.41) is 10.8. The number of carbonyl (C=O) groups excluding carboxylic acids is 1. The fraction of sp³-hybridized carbons (Fsp3) is 0.368. The van der Waals surface area contributed by atoms with Crippen molar-refractivity contribution in [3.8, 4) is 11.5 Å². The number of benzene rings is 1. The summed E-state index contributed by atoms with van der Waals surface area (Å²) in [6.07, 6.45) is 1.51. The van der Waals surface area contributed by atoms with E-state index in [1.54, 1.807) is 39.8 Å². The van der Waals surface area contributed by atoms with Crippen LogP contribution in [0.1, 0.15) is 33.3 Å². The Morgan fingerprint density at radius 1 is 1.40 bits per heavy atom. The average Bonchev–Trinajstić information content (AvgIpc) is 3.01. The number of hydrogen-bond donors (Lipinski definition) is 1. The number of hydrogen-bond acceptors (Lipinski definition) is 6. The lowest BCUT2D eigenvalue weighted by Gasteiger charge is -2.30.